The Morgan fingerprint density at radius 2 is 2.23 bits per heavy atom. The van der Waals surface area contributed by atoms with Crippen molar-refractivity contribution in [3.8, 4) is 0 Å². The van der Waals surface area contributed by atoms with Crippen molar-refractivity contribution in [1.82, 2.24) is 0 Å². The normalized spacial score (nSPS) is 10.0. The summed E-state index contributed by atoms with van der Waals surface area (Å²) in [7, 11) is 0. The molecule has 70 valence electrons. The van der Waals surface area contributed by atoms with E-state index in [-0.39, 0.29) is 11.3 Å². The molecule has 0 fully saturated rings. The van der Waals surface area contributed by atoms with Gasteiger partial charge < -0.3 is 10.8 Å². The molecule has 13 heavy (non-hydrogen) atoms. The van der Waals surface area contributed by atoms with Crippen LogP contribution in [0.2, 0.25) is 0 Å². The Morgan fingerprint density at radius 1 is 1.62 bits per heavy atom. The van der Waals surface area contributed by atoms with Crippen molar-refractivity contribution in [2.75, 3.05) is 5.73 Å². The van der Waals surface area contributed by atoms with Gasteiger partial charge in [-0.1, -0.05) is 13.0 Å². The van der Waals surface area contributed by atoms with Gasteiger partial charge in [-0.2, -0.15) is 0 Å². The van der Waals surface area contributed by atoms with Gasteiger partial charge in [0.05, 0.1) is 11.3 Å². The van der Waals surface area contributed by atoms with Crippen LogP contribution < -0.4 is 5.73 Å². The summed E-state index contributed by atoms with van der Waals surface area (Å²) in [5, 5.41) is 8.76. The van der Waals surface area contributed by atoms with Crippen LogP contribution in [0.15, 0.2) is 12.1 Å². The van der Waals surface area contributed by atoms with E-state index >= 15 is 0 Å². The van der Waals surface area contributed by atoms with Gasteiger partial charge in [0.2, 0.25) is 0 Å². The van der Waals surface area contributed by atoms with Crippen LogP contribution in [0.1, 0.15) is 22.8 Å². The summed E-state index contributed by atoms with van der Waals surface area (Å²) in [6, 6.07) is 2.62. The molecule has 0 atom stereocenters. The Balaban J connectivity index is 3.41. The van der Waals surface area contributed by atoms with E-state index in [1.54, 1.807) is 6.92 Å². The first-order valence-electron chi connectivity index (χ1n) is 3.88. The highest BCUT2D eigenvalue weighted by atomic mass is 19.1. The fourth-order valence-electron chi connectivity index (χ4n) is 1.19. The topological polar surface area (TPSA) is 63.3 Å². The van der Waals surface area contributed by atoms with E-state index in [0.29, 0.717) is 12.0 Å². The number of carboxylic acids is 1. The molecule has 4 heteroatoms. The summed E-state index contributed by atoms with van der Waals surface area (Å²) >= 11 is 0. The highest BCUT2D eigenvalue weighted by molar-refractivity contribution is 5.95. The summed E-state index contributed by atoms with van der Waals surface area (Å²) < 4.78 is 12.9. The molecular formula is C9H10FNO2. The van der Waals surface area contributed by atoms with E-state index in [0.717, 1.165) is 0 Å². The number of hydrogen-bond donors (Lipinski definition) is 2. The largest absolute Gasteiger partial charge is 0.478 e. The quantitative estimate of drug-likeness (QED) is 0.685. The number of halogens is 1. The lowest BCUT2D eigenvalue weighted by Crippen LogP contribution is -2.08. The zero-order valence-electron chi connectivity index (χ0n) is 7.17. The first kappa shape index (κ1) is 9.51. The summed E-state index contributed by atoms with van der Waals surface area (Å²) in [6.45, 7) is 1.79. The lowest BCUT2D eigenvalue weighted by molar-refractivity contribution is 0.0696. The third-order valence-corrected chi connectivity index (χ3v) is 1.87. The number of benzene rings is 1. The Hall–Kier alpha value is -1.58. The second-order valence-corrected chi connectivity index (χ2v) is 2.65. The molecule has 1 rings (SSSR count). The lowest BCUT2D eigenvalue weighted by atomic mass is 10.0. The van der Waals surface area contributed by atoms with Crippen molar-refractivity contribution >= 4 is 11.7 Å². The van der Waals surface area contributed by atoms with Crippen LogP contribution in [0.4, 0.5) is 10.1 Å². The summed E-state index contributed by atoms with van der Waals surface area (Å²) in [4.78, 5) is 10.7. The molecule has 1 aromatic rings. The van der Waals surface area contributed by atoms with Crippen LogP contribution in [0.3, 0.4) is 0 Å². The number of aryl methyl sites for hydroxylation is 1. The number of carbonyl (C=O) groups is 1. The minimum absolute atomic E-state index is 0.123. The standard InChI is InChI=1S/C9H10FNO2/c1-2-5-3-4-6(10)8(11)7(5)9(12)13/h3-4H,2,11H2,1H3,(H,12,13). The minimum atomic E-state index is -1.19. The van der Waals surface area contributed by atoms with Gasteiger partial charge in [-0.3, -0.25) is 0 Å². The molecule has 3 N–H and O–H groups in total. The molecule has 0 saturated heterocycles. The second-order valence-electron chi connectivity index (χ2n) is 2.65. The maximum absolute atomic E-state index is 12.9. The monoisotopic (exact) mass is 183 g/mol. The van der Waals surface area contributed by atoms with Gasteiger partial charge in [-0.15, -0.1) is 0 Å². The van der Waals surface area contributed by atoms with Crippen molar-refractivity contribution in [3.05, 3.63) is 29.1 Å². The van der Waals surface area contributed by atoms with Crippen molar-refractivity contribution in [2.45, 2.75) is 13.3 Å². The fraction of sp³-hybridized carbons (Fsp3) is 0.222. The number of nitrogen functional groups attached to an aromatic ring is 1. The molecule has 0 aliphatic heterocycles. The minimum Gasteiger partial charge on any atom is -0.478 e. The van der Waals surface area contributed by atoms with E-state index in [1.165, 1.54) is 12.1 Å². The molecule has 1 aromatic carbocycles. The van der Waals surface area contributed by atoms with E-state index in [1.807, 2.05) is 0 Å². The van der Waals surface area contributed by atoms with Crippen molar-refractivity contribution in [3.63, 3.8) is 0 Å². The van der Waals surface area contributed by atoms with E-state index in [2.05, 4.69) is 0 Å². The van der Waals surface area contributed by atoms with Gasteiger partial charge >= 0.3 is 5.97 Å². The Labute approximate surface area is 75.0 Å². The van der Waals surface area contributed by atoms with Crippen LogP contribution in [0, 0.1) is 5.82 Å². The average molecular weight is 183 g/mol. The number of rotatable bonds is 2. The van der Waals surface area contributed by atoms with Gasteiger partial charge in [0.25, 0.3) is 0 Å². The van der Waals surface area contributed by atoms with Crippen LogP contribution in [0.25, 0.3) is 0 Å². The fourth-order valence-corrected chi connectivity index (χ4v) is 1.19. The first-order valence-corrected chi connectivity index (χ1v) is 3.88. The second kappa shape index (κ2) is 3.43. The molecular weight excluding hydrogens is 173 g/mol. The molecule has 0 aliphatic rings. The number of hydrogen-bond acceptors (Lipinski definition) is 2. The van der Waals surface area contributed by atoms with Gasteiger partial charge in [0.15, 0.2) is 0 Å². The SMILES string of the molecule is CCc1ccc(F)c(N)c1C(=O)O. The molecule has 0 spiro atoms. The van der Waals surface area contributed by atoms with Gasteiger partial charge in [0.1, 0.15) is 5.82 Å². The van der Waals surface area contributed by atoms with Gasteiger partial charge in [0, 0.05) is 0 Å². The Morgan fingerprint density at radius 3 is 2.69 bits per heavy atom. The van der Waals surface area contributed by atoms with Crippen LogP contribution >= 0.6 is 0 Å². The van der Waals surface area contributed by atoms with Crippen molar-refractivity contribution < 1.29 is 14.3 Å². The van der Waals surface area contributed by atoms with Crippen LogP contribution in [-0.2, 0) is 6.42 Å². The van der Waals surface area contributed by atoms with E-state index < -0.39 is 11.8 Å². The number of aromatic carboxylic acids is 1. The Bertz CT molecular complexity index is 350. The molecule has 0 radical (unpaired) electrons. The zero-order chi connectivity index (χ0) is 10.0. The first-order chi connectivity index (χ1) is 6.07. The predicted octanol–water partition coefficient (Wildman–Crippen LogP) is 1.67. The summed E-state index contributed by atoms with van der Waals surface area (Å²) in [5.74, 6) is -1.87. The highest BCUT2D eigenvalue weighted by Gasteiger charge is 2.15. The van der Waals surface area contributed by atoms with Crippen molar-refractivity contribution in [1.29, 1.82) is 0 Å². The number of nitrogens with two attached hydrogens (primary N) is 1. The molecule has 0 saturated carbocycles. The smallest absolute Gasteiger partial charge is 0.338 e. The zero-order valence-corrected chi connectivity index (χ0v) is 7.17. The maximum Gasteiger partial charge on any atom is 0.338 e. The van der Waals surface area contributed by atoms with Crippen LogP contribution in [-0.4, -0.2) is 11.1 Å². The third kappa shape index (κ3) is 1.61. The molecule has 0 bridgehead atoms. The molecule has 0 aliphatic carbocycles. The van der Waals surface area contributed by atoms with Crippen LogP contribution in [0.5, 0.6) is 0 Å². The summed E-state index contributed by atoms with van der Waals surface area (Å²) in [6.07, 6.45) is 0.520. The highest BCUT2D eigenvalue weighted by Crippen LogP contribution is 2.21. The molecule has 0 heterocycles. The van der Waals surface area contributed by atoms with Crippen molar-refractivity contribution in [2.24, 2.45) is 0 Å². The van der Waals surface area contributed by atoms with Gasteiger partial charge in [-0.25, -0.2) is 9.18 Å². The van der Waals surface area contributed by atoms with E-state index in [4.69, 9.17) is 10.8 Å². The number of carboxylic acid groups (broad SMARTS) is 1. The molecule has 3 nitrogen and oxygen atoms in total. The van der Waals surface area contributed by atoms with E-state index in [9.17, 15) is 9.18 Å². The molecule has 0 unspecified atom stereocenters. The number of anilines is 1. The Kier molecular flexibility index (Phi) is 2.51. The maximum atomic E-state index is 12.9. The average Bonchev–Trinajstić information content (AvgIpc) is 2.08. The predicted molar refractivity (Wildman–Crippen MR) is 47.1 cm³/mol. The molecule has 0 aromatic heterocycles. The lowest BCUT2D eigenvalue weighted by Gasteiger charge is -2.06. The van der Waals surface area contributed by atoms with Gasteiger partial charge in [-0.05, 0) is 18.1 Å². The molecule has 0 amide bonds. The third-order valence-electron chi connectivity index (χ3n) is 1.87. The summed E-state index contributed by atoms with van der Waals surface area (Å²) in [5.41, 5.74) is 5.44.